The number of nitrogens with zero attached hydrogens (tertiary/aromatic N) is 1. The van der Waals surface area contributed by atoms with E-state index in [0.717, 1.165) is 34.2 Å². The minimum absolute atomic E-state index is 0.0941. The van der Waals surface area contributed by atoms with Crippen LogP contribution in [0.5, 0.6) is 0 Å². The van der Waals surface area contributed by atoms with Crippen molar-refractivity contribution in [2.24, 2.45) is 0 Å². The molecule has 108 valence electrons. The van der Waals surface area contributed by atoms with Gasteiger partial charge in [0.2, 0.25) is 0 Å². The Morgan fingerprint density at radius 2 is 2.25 bits per heavy atom. The summed E-state index contributed by atoms with van der Waals surface area (Å²) in [6, 6.07) is 7.20. The SMILES string of the molecule is CCC12COC(c3ccc(Cl)c(I)c3)(CN1C1CC1)C2. The van der Waals surface area contributed by atoms with Gasteiger partial charge in [-0.2, -0.15) is 0 Å². The largest absolute Gasteiger partial charge is 0.367 e. The van der Waals surface area contributed by atoms with Crippen LogP contribution in [0, 0.1) is 3.57 Å². The van der Waals surface area contributed by atoms with Crippen LogP contribution in [0.4, 0.5) is 0 Å². The second kappa shape index (κ2) is 4.58. The summed E-state index contributed by atoms with van der Waals surface area (Å²) < 4.78 is 7.46. The van der Waals surface area contributed by atoms with Crippen molar-refractivity contribution in [3.8, 4) is 0 Å². The van der Waals surface area contributed by atoms with E-state index >= 15 is 0 Å². The molecule has 20 heavy (non-hydrogen) atoms. The predicted octanol–water partition coefficient (Wildman–Crippen LogP) is 4.19. The van der Waals surface area contributed by atoms with Crippen molar-refractivity contribution in [2.75, 3.05) is 13.2 Å². The van der Waals surface area contributed by atoms with Gasteiger partial charge in [0.15, 0.2) is 0 Å². The maximum atomic E-state index is 6.33. The molecule has 1 aliphatic carbocycles. The zero-order valence-electron chi connectivity index (χ0n) is 11.7. The highest BCUT2D eigenvalue weighted by atomic mass is 127. The summed E-state index contributed by atoms with van der Waals surface area (Å²) in [5.41, 5.74) is 1.50. The van der Waals surface area contributed by atoms with Crippen LogP contribution in [0.25, 0.3) is 0 Å². The fraction of sp³-hybridized carbons (Fsp3) is 0.625. The van der Waals surface area contributed by atoms with Crippen molar-refractivity contribution in [3.05, 3.63) is 32.4 Å². The summed E-state index contributed by atoms with van der Waals surface area (Å²) in [5.74, 6) is 0. The molecule has 0 aromatic heterocycles. The third kappa shape index (κ3) is 1.89. The van der Waals surface area contributed by atoms with Crippen LogP contribution < -0.4 is 0 Å². The first-order chi connectivity index (χ1) is 9.58. The number of halogens is 2. The molecule has 3 fully saturated rings. The van der Waals surface area contributed by atoms with Gasteiger partial charge in [-0.25, -0.2) is 0 Å². The van der Waals surface area contributed by atoms with Gasteiger partial charge in [-0.1, -0.05) is 24.6 Å². The third-order valence-corrected chi connectivity index (χ3v) is 6.90. The highest BCUT2D eigenvalue weighted by Gasteiger charge is 2.62. The van der Waals surface area contributed by atoms with Gasteiger partial charge in [0.05, 0.1) is 11.6 Å². The second-order valence-corrected chi connectivity index (χ2v) is 8.09. The fourth-order valence-corrected chi connectivity index (χ4v) is 4.66. The van der Waals surface area contributed by atoms with Gasteiger partial charge >= 0.3 is 0 Å². The van der Waals surface area contributed by atoms with Gasteiger partial charge in [0.25, 0.3) is 0 Å². The summed E-state index contributed by atoms with van der Waals surface area (Å²) in [5, 5.41) is 0.836. The van der Waals surface area contributed by atoms with E-state index in [-0.39, 0.29) is 11.1 Å². The Labute approximate surface area is 139 Å². The van der Waals surface area contributed by atoms with Crippen molar-refractivity contribution in [2.45, 2.75) is 49.8 Å². The molecule has 2 saturated heterocycles. The lowest BCUT2D eigenvalue weighted by Gasteiger charge is -2.39. The lowest BCUT2D eigenvalue weighted by Crippen LogP contribution is -2.50. The van der Waals surface area contributed by atoms with Crippen LogP contribution in [0.15, 0.2) is 18.2 Å². The van der Waals surface area contributed by atoms with Crippen molar-refractivity contribution in [3.63, 3.8) is 0 Å². The molecular formula is C16H19ClINO. The summed E-state index contributed by atoms with van der Waals surface area (Å²) in [6.45, 7) is 4.26. The second-order valence-electron chi connectivity index (χ2n) is 6.53. The molecule has 3 aliphatic rings. The van der Waals surface area contributed by atoms with Gasteiger partial charge in [0, 0.05) is 28.1 Å². The van der Waals surface area contributed by atoms with Crippen molar-refractivity contribution in [1.29, 1.82) is 0 Å². The molecule has 4 rings (SSSR count). The summed E-state index contributed by atoms with van der Waals surface area (Å²) in [4.78, 5) is 2.75. The van der Waals surface area contributed by atoms with E-state index in [4.69, 9.17) is 16.3 Å². The molecule has 2 atom stereocenters. The number of likely N-dealkylation sites (tertiary alicyclic amines) is 1. The zero-order chi connectivity index (χ0) is 14.0. The highest BCUT2D eigenvalue weighted by Crippen LogP contribution is 2.55. The first-order valence-corrected chi connectivity index (χ1v) is 8.90. The van der Waals surface area contributed by atoms with Crippen LogP contribution in [0.2, 0.25) is 5.02 Å². The lowest BCUT2D eigenvalue weighted by molar-refractivity contribution is -0.0742. The maximum Gasteiger partial charge on any atom is 0.108 e. The number of benzene rings is 1. The third-order valence-electron chi connectivity index (χ3n) is 5.36. The smallest absolute Gasteiger partial charge is 0.108 e. The zero-order valence-corrected chi connectivity index (χ0v) is 14.6. The van der Waals surface area contributed by atoms with E-state index < -0.39 is 0 Å². The maximum absolute atomic E-state index is 6.33. The molecule has 2 heterocycles. The summed E-state index contributed by atoms with van der Waals surface area (Å²) in [7, 11) is 0. The number of morpholine rings is 1. The van der Waals surface area contributed by atoms with E-state index in [2.05, 4.69) is 46.5 Å². The van der Waals surface area contributed by atoms with Gasteiger partial charge in [-0.3, -0.25) is 4.90 Å². The van der Waals surface area contributed by atoms with Crippen LogP contribution >= 0.6 is 34.2 Å². The first kappa shape index (κ1) is 13.8. The molecular weight excluding hydrogens is 385 g/mol. The normalized spacial score (nSPS) is 36.8. The Kier molecular flexibility index (Phi) is 3.16. The molecule has 2 aliphatic heterocycles. The first-order valence-electron chi connectivity index (χ1n) is 7.45. The van der Waals surface area contributed by atoms with Crippen molar-refractivity contribution < 1.29 is 4.74 Å². The monoisotopic (exact) mass is 403 g/mol. The van der Waals surface area contributed by atoms with Gasteiger partial charge in [-0.05, 0) is 59.5 Å². The Balaban J connectivity index is 1.73. The molecule has 0 radical (unpaired) electrons. The Bertz CT molecular complexity index is 561. The fourth-order valence-electron chi connectivity index (χ4n) is 4.02. The van der Waals surface area contributed by atoms with Gasteiger partial charge in [0.1, 0.15) is 5.60 Å². The van der Waals surface area contributed by atoms with Crippen LogP contribution in [0.1, 0.15) is 38.2 Å². The number of hydrogen-bond acceptors (Lipinski definition) is 2. The Hall–Kier alpha value is 0.160. The van der Waals surface area contributed by atoms with Crippen molar-refractivity contribution in [1.82, 2.24) is 4.90 Å². The number of ether oxygens (including phenoxy) is 1. The van der Waals surface area contributed by atoms with Crippen LogP contribution in [-0.2, 0) is 10.3 Å². The molecule has 2 nitrogen and oxygen atoms in total. The van der Waals surface area contributed by atoms with E-state index in [1.54, 1.807) is 0 Å². The number of rotatable bonds is 3. The van der Waals surface area contributed by atoms with E-state index in [1.807, 2.05) is 6.07 Å². The molecule has 0 spiro atoms. The average molecular weight is 404 g/mol. The minimum Gasteiger partial charge on any atom is -0.367 e. The van der Waals surface area contributed by atoms with E-state index in [0.29, 0.717) is 0 Å². The molecule has 1 aromatic rings. The van der Waals surface area contributed by atoms with E-state index in [1.165, 1.54) is 24.8 Å². The van der Waals surface area contributed by atoms with Gasteiger partial charge in [-0.15, -0.1) is 0 Å². The Morgan fingerprint density at radius 1 is 1.45 bits per heavy atom. The molecule has 4 heteroatoms. The average Bonchev–Trinajstić information content (AvgIpc) is 3.16. The standard InChI is InChI=1S/C16H19ClINO/c1-2-15-8-16(20-10-15,9-19(15)12-4-5-12)11-3-6-13(17)14(18)7-11/h3,6-7,12H,2,4-5,8-10H2,1H3. The van der Waals surface area contributed by atoms with E-state index in [9.17, 15) is 0 Å². The quantitative estimate of drug-likeness (QED) is 0.702. The minimum atomic E-state index is -0.0941. The molecule has 1 saturated carbocycles. The molecule has 2 unspecified atom stereocenters. The van der Waals surface area contributed by atoms with Crippen LogP contribution in [-0.4, -0.2) is 29.6 Å². The molecule has 2 bridgehead atoms. The predicted molar refractivity (Wildman–Crippen MR) is 89.2 cm³/mol. The topological polar surface area (TPSA) is 12.5 Å². The summed E-state index contributed by atoms with van der Waals surface area (Å²) in [6.07, 6.45) is 5.08. The Morgan fingerprint density at radius 3 is 2.90 bits per heavy atom. The molecule has 0 N–H and O–H groups in total. The lowest BCUT2D eigenvalue weighted by atomic mass is 9.87. The van der Waals surface area contributed by atoms with Gasteiger partial charge < -0.3 is 4.74 Å². The number of fused-ring (bicyclic) bond motifs is 2. The summed E-state index contributed by atoms with van der Waals surface area (Å²) >= 11 is 8.49. The van der Waals surface area contributed by atoms with Crippen LogP contribution in [0.3, 0.4) is 0 Å². The number of hydrogen-bond donors (Lipinski definition) is 0. The van der Waals surface area contributed by atoms with Crippen molar-refractivity contribution >= 4 is 34.2 Å². The highest BCUT2D eigenvalue weighted by molar-refractivity contribution is 14.1. The molecule has 1 aromatic carbocycles. The molecule has 0 amide bonds.